The second-order valence-corrected chi connectivity index (χ2v) is 7.63. The van der Waals surface area contributed by atoms with Gasteiger partial charge in [0.15, 0.2) is 0 Å². The topological polar surface area (TPSA) is 55.6 Å². The third-order valence-corrected chi connectivity index (χ3v) is 5.71. The molecule has 2 aliphatic rings. The Morgan fingerprint density at radius 3 is 2.62 bits per heavy atom. The van der Waals surface area contributed by atoms with Crippen molar-refractivity contribution in [1.82, 2.24) is 4.90 Å². The molecule has 2 saturated heterocycles. The van der Waals surface area contributed by atoms with E-state index in [0.717, 1.165) is 25.1 Å². The normalized spacial score (nSPS) is 26.0. The van der Waals surface area contributed by atoms with Crippen molar-refractivity contribution in [2.24, 2.45) is 11.1 Å². The van der Waals surface area contributed by atoms with Gasteiger partial charge in [0, 0.05) is 31.3 Å². The van der Waals surface area contributed by atoms with Crippen LogP contribution >= 0.6 is 24.0 Å². The molecule has 2 aliphatic heterocycles. The summed E-state index contributed by atoms with van der Waals surface area (Å²) in [6, 6.07) is 7.73. The van der Waals surface area contributed by atoms with Gasteiger partial charge in [-0.1, -0.05) is 30.7 Å². The molecular weight excluding hydrogens is 347 g/mol. The summed E-state index contributed by atoms with van der Waals surface area (Å²) in [6.45, 7) is 5.53. The third-order valence-electron chi connectivity index (χ3n) is 5.47. The molecule has 0 aromatic heterocycles. The van der Waals surface area contributed by atoms with Gasteiger partial charge in [-0.2, -0.15) is 0 Å². The van der Waals surface area contributed by atoms with Crippen molar-refractivity contribution in [3.05, 3.63) is 34.9 Å². The lowest BCUT2D eigenvalue weighted by Gasteiger charge is -2.39. The molecule has 1 atom stereocenters. The molecule has 6 heteroatoms. The Kier molecular flexibility index (Phi) is 6.19. The number of hydrogen-bond acceptors (Lipinski definition) is 3. The maximum Gasteiger partial charge on any atom is 0.233 e. The predicted octanol–water partition coefficient (Wildman–Crippen LogP) is 3.01. The number of rotatable bonds is 3. The fraction of sp³-hybridized carbons (Fsp3) is 0.611. The van der Waals surface area contributed by atoms with Crippen LogP contribution in [0, 0.1) is 5.41 Å². The van der Waals surface area contributed by atoms with Crippen molar-refractivity contribution in [3.63, 3.8) is 0 Å². The van der Waals surface area contributed by atoms with Crippen LogP contribution in [-0.4, -0.2) is 43.7 Å². The molecule has 1 unspecified atom stereocenters. The van der Waals surface area contributed by atoms with Crippen molar-refractivity contribution in [1.29, 1.82) is 0 Å². The lowest BCUT2D eigenvalue weighted by molar-refractivity contribution is -0.140. The van der Waals surface area contributed by atoms with E-state index in [9.17, 15) is 4.79 Å². The van der Waals surface area contributed by atoms with Crippen molar-refractivity contribution in [3.8, 4) is 0 Å². The summed E-state index contributed by atoms with van der Waals surface area (Å²) in [4.78, 5) is 15.4. The van der Waals surface area contributed by atoms with Gasteiger partial charge in [-0.3, -0.25) is 4.79 Å². The lowest BCUT2D eigenvalue weighted by Crippen LogP contribution is -2.50. The molecule has 2 N–H and O–H groups in total. The zero-order chi connectivity index (χ0) is 16.5. The summed E-state index contributed by atoms with van der Waals surface area (Å²) in [7, 11) is 0. The summed E-state index contributed by atoms with van der Waals surface area (Å²) in [5, 5.41) is 0.675. The molecule has 134 valence electrons. The van der Waals surface area contributed by atoms with Crippen molar-refractivity contribution >= 4 is 29.9 Å². The zero-order valence-corrected chi connectivity index (χ0v) is 15.7. The first-order valence-corrected chi connectivity index (χ1v) is 8.70. The summed E-state index contributed by atoms with van der Waals surface area (Å²) >= 11 is 6.19. The van der Waals surface area contributed by atoms with Gasteiger partial charge in [0.1, 0.15) is 0 Å². The van der Waals surface area contributed by atoms with E-state index in [0.29, 0.717) is 37.6 Å². The average Bonchev–Trinajstić information content (AvgIpc) is 2.98. The van der Waals surface area contributed by atoms with E-state index in [-0.39, 0.29) is 23.7 Å². The first kappa shape index (κ1) is 19.5. The molecule has 0 aliphatic carbocycles. The second-order valence-electron chi connectivity index (χ2n) is 7.20. The van der Waals surface area contributed by atoms with Crippen molar-refractivity contribution < 1.29 is 9.53 Å². The number of ether oxygens (including phenoxy) is 1. The van der Waals surface area contributed by atoms with Crippen LogP contribution in [0.5, 0.6) is 0 Å². The van der Waals surface area contributed by atoms with E-state index < -0.39 is 5.41 Å². The highest BCUT2D eigenvalue weighted by Gasteiger charge is 2.47. The van der Waals surface area contributed by atoms with E-state index in [1.807, 2.05) is 29.2 Å². The Labute approximate surface area is 155 Å². The number of amides is 1. The molecule has 1 amide bonds. The smallest absolute Gasteiger partial charge is 0.233 e. The standard InChI is InChI=1S/C18H25ClN2O2.ClH/c1-17(12-20)5-8-21(13-17)16(22)18(6-9-23-10-7-18)14-3-2-4-15(19)11-14;/h2-4,11H,5-10,12-13,20H2,1H3;1H. The quantitative estimate of drug-likeness (QED) is 0.886. The highest BCUT2D eigenvalue weighted by Crippen LogP contribution is 2.40. The number of nitrogens with two attached hydrogens (primary N) is 1. The van der Waals surface area contributed by atoms with Crippen molar-refractivity contribution in [2.75, 3.05) is 32.8 Å². The zero-order valence-electron chi connectivity index (χ0n) is 14.1. The minimum absolute atomic E-state index is 0. The number of hydrogen-bond donors (Lipinski definition) is 1. The molecule has 0 radical (unpaired) electrons. The molecule has 4 nitrogen and oxygen atoms in total. The molecule has 0 spiro atoms. The number of nitrogens with zero attached hydrogens (tertiary/aromatic N) is 1. The molecule has 1 aromatic carbocycles. The molecule has 2 heterocycles. The van der Waals surface area contributed by atoms with Gasteiger partial charge in [0.05, 0.1) is 5.41 Å². The SMILES string of the molecule is CC1(CN)CCN(C(=O)C2(c3cccc(Cl)c3)CCOCC2)C1.Cl. The molecule has 24 heavy (non-hydrogen) atoms. The maximum absolute atomic E-state index is 13.4. The van der Waals surface area contributed by atoms with E-state index in [4.69, 9.17) is 22.1 Å². The van der Waals surface area contributed by atoms with Gasteiger partial charge < -0.3 is 15.4 Å². The molecule has 0 saturated carbocycles. The van der Waals surface area contributed by atoms with Gasteiger partial charge in [0.25, 0.3) is 0 Å². The highest BCUT2D eigenvalue weighted by atomic mass is 35.5. The monoisotopic (exact) mass is 372 g/mol. The number of carbonyl (C=O) groups excluding carboxylic acids is 1. The largest absolute Gasteiger partial charge is 0.381 e. The Morgan fingerprint density at radius 1 is 1.33 bits per heavy atom. The first-order chi connectivity index (χ1) is 11.0. The van der Waals surface area contributed by atoms with E-state index in [2.05, 4.69) is 6.92 Å². The van der Waals surface area contributed by atoms with Crippen LogP contribution in [0.4, 0.5) is 0 Å². The van der Waals surface area contributed by atoms with Gasteiger partial charge in [0.2, 0.25) is 5.91 Å². The summed E-state index contributed by atoms with van der Waals surface area (Å²) in [5.41, 5.74) is 6.44. The number of halogens is 2. The van der Waals surface area contributed by atoms with E-state index in [1.54, 1.807) is 0 Å². The van der Waals surface area contributed by atoms with Gasteiger partial charge in [-0.05, 0) is 48.9 Å². The van der Waals surface area contributed by atoms with Gasteiger partial charge in [-0.15, -0.1) is 12.4 Å². The minimum Gasteiger partial charge on any atom is -0.381 e. The molecule has 3 rings (SSSR count). The van der Waals surface area contributed by atoms with Crippen LogP contribution in [0.3, 0.4) is 0 Å². The van der Waals surface area contributed by atoms with Crippen LogP contribution in [0.15, 0.2) is 24.3 Å². The van der Waals surface area contributed by atoms with Crippen LogP contribution < -0.4 is 5.73 Å². The van der Waals surface area contributed by atoms with Gasteiger partial charge in [-0.25, -0.2) is 0 Å². The lowest BCUT2D eigenvalue weighted by atomic mass is 9.73. The Morgan fingerprint density at radius 2 is 2.04 bits per heavy atom. The first-order valence-electron chi connectivity index (χ1n) is 8.32. The van der Waals surface area contributed by atoms with Crippen molar-refractivity contribution in [2.45, 2.75) is 31.6 Å². The molecule has 1 aromatic rings. The predicted molar refractivity (Wildman–Crippen MR) is 98.8 cm³/mol. The fourth-order valence-electron chi connectivity index (χ4n) is 3.80. The van der Waals surface area contributed by atoms with Crippen LogP contribution in [0.25, 0.3) is 0 Å². The summed E-state index contributed by atoms with van der Waals surface area (Å²) in [5.74, 6) is 0.209. The third kappa shape index (κ3) is 3.57. The number of carbonyl (C=O) groups is 1. The molecule has 0 bridgehead atoms. The van der Waals surface area contributed by atoms with E-state index >= 15 is 0 Å². The molecular formula is C18H26Cl2N2O2. The Hall–Kier alpha value is -0.810. The van der Waals surface area contributed by atoms with Crippen LogP contribution in [-0.2, 0) is 14.9 Å². The van der Waals surface area contributed by atoms with Gasteiger partial charge >= 0.3 is 0 Å². The maximum atomic E-state index is 13.4. The average molecular weight is 373 g/mol. The van der Waals surface area contributed by atoms with Crippen LogP contribution in [0.2, 0.25) is 5.02 Å². The minimum atomic E-state index is -0.511. The Balaban J connectivity index is 0.00000208. The Bertz CT molecular complexity index is 590. The number of likely N-dealkylation sites (tertiary alicyclic amines) is 1. The van der Waals surface area contributed by atoms with Crippen LogP contribution in [0.1, 0.15) is 31.7 Å². The second kappa shape index (κ2) is 7.61. The highest BCUT2D eigenvalue weighted by molar-refractivity contribution is 6.30. The summed E-state index contributed by atoms with van der Waals surface area (Å²) < 4.78 is 5.53. The fourth-order valence-corrected chi connectivity index (χ4v) is 3.99. The van der Waals surface area contributed by atoms with E-state index in [1.165, 1.54) is 0 Å². The summed E-state index contributed by atoms with van der Waals surface area (Å²) in [6.07, 6.45) is 2.39. The molecule has 2 fully saturated rings. The number of benzene rings is 1.